The van der Waals surface area contributed by atoms with Gasteiger partial charge in [-0.25, -0.2) is 0 Å². The highest BCUT2D eigenvalue weighted by atomic mass is 16.6. The molecule has 3 aliphatic heterocycles. The topological polar surface area (TPSA) is 63.6 Å². The molecule has 35 heavy (non-hydrogen) atoms. The van der Waals surface area contributed by atoms with Crippen molar-refractivity contribution < 1.29 is 19.1 Å². The molecule has 184 valence electrons. The molecule has 0 amide bonds. The number of carbonyl (C=O) groups is 1. The molecular weight excluding hydrogens is 442 g/mol. The van der Waals surface area contributed by atoms with Crippen molar-refractivity contribution in [2.45, 2.75) is 26.4 Å². The van der Waals surface area contributed by atoms with Crippen molar-refractivity contribution in [3.8, 4) is 11.5 Å². The molecule has 0 bridgehead atoms. The van der Waals surface area contributed by atoms with Gasteiger partial charge >= 0.3 is 5.97 Å². The molecule has 3 heterocycles. The molecule has 7 nitrogen and oxygen atoms in total. The summed E-state index contributed by atoms with van der Waals surface area (Å²) in [5.41, 5.74) is 4.50. The standard InChI is InChI=1S/C28H33N3O4/c1-3-27(32)34-22-9-10-23-25(16-22)33-19-24-26(35-29-28(23)24)18-31-13-11-30(12-14-31)17-20(2)15-21-7-5-4-6-8-21/h4-10,15-16,24,26H,3,11-14,17-19H2,1-2H3/b20-15+/t24-,26-/m0/s1. The lowest BCUT2D eigenvalue weighted by atomic mass is 9.90. The van der Waals surface area contributed by atoms with Crippen LogP contribution < -0.4 is 9.47 Å². The molecule has 7 heteroatoms. The van der Waals surface area contributed by atoms with Gasteiger partial charge in [0, 0.05) is 57.3 Å². The van der Waals surface area contributed by atoms with Gasteiger partial charge in [-0.2, -0.15) is 0 Å². The van der Waals surface area contributed by atoms with Gasteiger partial charge in [0.05, 0.1) is 5.92 Å². The van der Waals surface area contributed by atoms with Crippen LogP contribution in [0, 0.1) is 5.92 Å². The molecule has 0 unspecified atom stereocenters. The van der Waals surface area contributed by atoms with Crippen molar-refractivity contribution in [2.75, 3.05) is 45.9 Å². The molecule has 0 aromatic heterocycles. The fourth-order valence-corrected chi connectivity index (χ4v) is 4.93. The van der Waals surface area contributed by atoms with Gasteiger partial charge in [-0.15, -0.1) is 0 Å². The van der Waals surface area contributed by atoms with Gasteiger partial charge in [-0.3, -0.25) is 14.6 Å². The lowest BCUT2D eigenvalue weighted by molar-refractivity contribution is -0.134. The zero-order chi connectivity index (χ0) is 24.2. The van der Waals surface area contributed by atoms with E-state index in [2.05, 4.69) is 58.3 Å². The monoisotopic (exact) mass is 475 g/mol. The lowest BCUT2D eigenvalue weighted by Gasteiger charge is -2.36. The van der Waals surface area contributed by atoms with Gasteiger partial charge in [0.1, 0.15) is 23.8 Å². The fourth-order valence-electron chi connectivity index (χ4n) is 4.93. The molecule has 3 aliphatic rings. The van der Waals surface area contributed by atoms with Crippen molar-refractivity contribution >= 4 is 17.8 Å². The number of rotatable bonds is 7. The van der Waals surface area contributed by atoms with Gasteiger partial charge in [0.25, 0.3) is 0 Å². The highest BCUT2D eigenvalue weighted by Gasteiger charge is 2.41. The number of esters is 1. The molecule has 2 aromatic rings. The Morgan fingerprint density at radius 2 is 1.89 bits per heavy atom. The SMILES string of the molecule is CCC(=O)Oc1ccc2c(c1)OC[C@@H]1C2=NO[C@H]1CN1CCN(C/C(C)=C/c2ccccc2)CC1. The number of fused-ring (bicyclic) bond motifs is 3. The lowest BCUT2D eigenvalue weighted by Crippen LogP contribution is -2.50. The molecule has 0 spiro atoms. The second-order valence-electron chi connectivity index (χ2n) is 9.50. The number of nitrogens with zero attached hydrogens (tertiary/aromatic N) is 3. The Balaban J connectivity index is 1.12. The predicted molar refractivity (Wildman–Crippen MR) is 136 cm³/mol. The van der Waals surface area contributed by atoms with E-state index >= 15 is 0 Å². The van der Waals surface area contributed by atoms with Crippen LogP contribution in [0.15, 0.2) is 59.3 Å². The van der Waals surface area contributed by atoms with Crippen LogP contribution in [0.3, 0.4) is 0 Å². The van der Waals surface area contributed by atoms with Crippen molar-refractivity contribution in [1.29, 1.82) is 0 Å². The predicted octanol–water partition coefficient (Wildman–Crippen LogP) is 3.83. The molecule has 0 aliphatic carbocycles. The molecule has 0 N–H and O–H groups in total. The second kappa shape index (κ2) is 10.6. The van der Waals surface area contributed by atoms with E-state index in [0.717, 1.165) is 50.5 Å². The Morgan fingerprint density at radius 3 is 2.66 bits per heavy atom. The third-order valence-corrected chi connectivity index (χ3v) is 6.84. The number of oxime groups is 1. The maximum absolute atomic E-state index is 11.6. The van der Waals surface area contributed by atoms with Gasteiger partial charge in [0.2, 0.25) is 0 Å². The minimum absolute atomic E-state index is 0.0120. The summed E-state index contributed by atoms with van der Waals surface area (Å²) in [5.74, 6) is 1.04. The molecule has 0 radical (unpaired) electrons. The third kappa shape index (κ3) is 5.57. The van der Waals surface area contributed by atoms with E-state index in [0.29, 0.717) is 24.5 Å². The summed E-state index contributed by atoms with van der Waals surface area (Å²) < 4.78 is 11.4. The molecular formula is C28H33N3O4. The van der Waals surface area contributed by atoms with Crippen LogP contribution in [0.2, 0.25) is 0 Å². The van der Waals surface area contributed by atoms with Crippen LogP contribution in [0.5, 0.6) is 11.5 Å². The van der Waals surface area contributed by atoms with Gasteiger partial charge in [0.15, 0.2) is 6.10 Å². The summed E-state index contributed by atoms with van der Waals surface area (Å²) in [7, 11) is 0. The van der Waals surface area contributed by atoms with Crippen LogP contribution in [-0.2, 0) is 9.63 Å². The zero-order valence-electron chi connectivity index (χ0n) is 20.5. The third-order valence-electron chi connectivity index (χ3n) is 6.84. The van der Waals surface area contributed by atoms with Crippen LogP contribution in [-0.4, -0.2) is 73.5 Å². The average Bonchev–Trinajstić information content (AvgIpc) is 3.28. The Bertz CT molecular complexity index is 1110. The van der Waals surface area contributed by atoms with Crippen LogP contribution in [0.25, 0.3) is 6.08 Å². The van der Waals surface area contributed by atoms with Crippen molar-refractivity contribution in [2.24, 2.45) is 11.1 Å². The Hall–Kier alpha value is -3.16. The number of hydrogen-bond acceptors (Lipinski definition) is 7. The van der Waals surface area contributed by atoms with E-state index in [1.165, 1.54) is 11.1 Å². The maximum atomic E-state index is 11.6. The van der Waals surface area contributed by atoms with Gasteiger partial charge < -0.3 is 14.3 Å². The summed E-state index contributed by atoms with van der Waals surface area (Å²) in [6.07, 6.45) is 2.59. The summed E-state index contributed by atoms with van der Waals surface area (Å²) in [6, 6.07) is 16.0. The molecule has 2 aromatic carbocycles. The Labute approximate surface area is 206 Å². The zero-order valence-corrected chi connectivity index (χ0v) is 20.5. The number of ether oxygens (including phenoxy) is 2. The number of benzene rings is 2. The molecule has 5 rings (SSSR count). The summed E-state index contributed by atoms with van der Waals surface area (Å²) >= 11 is 0. The summed E-state index contributed by atoms with van der Waals surface area (Å²) in [6.45, 7) is 10.5. The first kappa shape index (κ1) is 23.6. The highest BCUT2D eigenvalue weighted by molar-refractivity contribution is 6.06. The molecule has 1 saturated heterocycles. The summed E-state index contributed by atoms with van der Waals surface area (Å²) in [5, 5.41) is 4.43. The second-order valence-corrected chi connectivity index (χ2v) is 9.50. The molecule has 0 saturated carbocycles. The van der Waals surface area contributed by atoms with Gasteiger partial charge in [-0.05, 0) is 24.6 Å². The Kier molecular flexibility index (Phi) is 7.16. The maximum Gasteiger partial charge on any atom is 0.310 e. The van der Waals surface area contributed by atoms with E-state index < -0.39 is 0 Å². The number of carbonyl (C=O) groups excluding carboxylic acids is 1. The van der Waals surface area contributed by atoms with E-state index in [9.17, 15) is 4.79 Å². The molecule has 2 atom stereocenters. The smallest absolute Gasteiger partial charge is 0.310 e. The van der Waals surface area contributed by atoms with Crippen LogP contribution in [0.1, 0.15) is 31.4 Å². The van der Waals surface area contributed by atoms with E-state index in [-0.39, 0.29) is 18.0 Å². The van der Waals surface area contributed by atoms with Crippen LogP contribution in [0.4, 0.5) is 0 Å². The highest BCUT2D eigenvalue weighted by Crippen LogP contribution is 2.36. The average molecular weight is 476 g/mol. The van der Waals surface area contributed by atoms with Gasteiger partial charge in [-0.1, -0.05) is 54.1 Å². The fraction of sp³-hybridized carbons (Fsp3) is 0.429. The van der Waals surface area contributed by atoms with E-state index in [1.807, 2.05) is 6.07 Å². The van der Waals surface area contributed by atoms with Crippen molar-refractivity contribution in [3.63, 3.8) is 0 Å². The summed E-state index contributed by atoms with van der Waals surface area (Å²) in [4.78, 5) is 22.5. The number of piperazine rings is 1. The normalized spacial score (nSPS) is 22.5. The van der Waals surface area contributed by atoms with Crippen molar-refractivity contribution in [1.82, 2.24) is 9.80 Å². The van der Waals surface area contributed by atoms with Crippen molar-refractivity contribution in [3.05, 3.63) is 65.2 Å². The minimum atomic E-state index is -0.261. The first-order valence-electron chi connectivity index (χ1n) is 12.5. The Morgan fingerprint density at radius 1 is 1.11 bits per heavy atom. The number of hydrogen-bond donors (Lipinski definition) is 0. The molecule has 1 fully saturated rings. The van der Waals surface area contributed by atoms with E-state index in [1.54, 1.807) is 19.1 Å². The first-order valence-corrected chi connectivity index (χ1v) is 12.5. The minimum Gasteiger partial charge on any atom is -0.492 e. The quantitative estimate of drug-likeness (QED) is 0.448. The first-order chi connectivity index (χ1) is 17.1. The van der Waals surface area contributed by atoms with Crippen LogP contribution >= 0.6 is 0 Å². The van der Waals surface area contributed by atoms with E-state index in [4.69, 9.17) is 14.3 Å². The largest absolute Gasteiger partial charge is 0.492 e.